The summed E-state index contributed by atoms with van der Waals surface area (Å²) in [6, 6.07) is 9.36. The topological polar surface area (TPSA) is 37.3 Å². The van der Waals surface area contributed by atoms with Gasteiger partial charge in [0.15, 0.2) is 5.78 Å². The molecule has 0 saturated heterocycles. The number of rotatable bonds is 1. The van der Waals surface area contributed by atoms with Gasteiger partial charge in [-0.25, -0.2) is 0 Å². The Morgan fingerprint density at radius 3 is 2.59 bits per heavy atom. The van der Waals surface area contributed by atoms with E-state index in [1.54, 1.807) is 6.07 Å². The molecule has 0 radical (unpaired) electrons. The monoisotopic (exact) mass is 304 g/mol. The minimum absolute atomic E-state index is 0.00702. The molecule has 1 aliphatic carbocycles. The highest BCUT2D eigenvalue weighted by atomic mass is 19.4. The molecule has 0 unspecified atom stereocenters. The SMILES string of the molecule is O=C1/C(=C/c2cccc(C(F)(F)F)c2)Cc2ccc(O)cc21. The molecular weight excluding hydrogens is 293 g/mol. The lowest BCUT2D eigenvalue weighted by Crippen LogP contribution is -2.04. The number of alkyl halides is 3. The zero-order valence-electron chi connectivity index (χ0n) is 11.3. The molecule has 112 valence electrons. The van der Waals surface area contributed by atoms with Crippen LogP contribution in [0.2, 0.25) is 0 Å². The van der Waals surface area contributed by atoms with Crippen molar-refractivity contribution in [2.75, 3.05) is 0 Å². The predicted molar refractivity (Wildman–Crippen MR) is 75.6 cm³/mol. The van der Waals surface area contributed by atoms with Crippen molar-refractivity contribution in [2.45, 2.75) is 12.6 Å². The minimum atomic E-state index is -4.41. The van der Waals surface area contributed by atoms with Gasteiger partial charge < -0.3 is 5.11 Å². The third kappa shape index (κ3) is 2.62. The smallest absolute Gasteiger partial charge is 0.416 e. The van der Waals surface area contributed by atoms with Gasteiger partial charge in [-0.15, -0.1) is 0 Å². The van der Waals surface area contributed by atoms with Gasteiger partial charge in [-0.05, 0) is 41.5 Å². The zero-order valence-corrected chi connectivity index (χ0v) is 11.3. The van der Waals surface area contributed by atoms with E-state index in [2.05, 4.69) is 0 Å². The first kappa shape index (κ1) is 14.4. The Hall–Kier alpha value is -2.56. The third-order valence-electron chi connectivity index (χ3n) is 3.57. The van der Waals surface area contributed by atoms with Crippen LogP contribution in [0.4, 0.5) is 13.2 Å². The van der Waals surface area contributed by atoms with Crippen LogP contribution in [-0.4, -0.2) is 10.9 Å². The van der Waals surface area contributed by atoms with Crippen LogP contribution < -0.4 is 0 Å². The van der Waals surface area contributed by atoms with Gasteiger partial charge in [-0.1, -0.05) is 18.2 Å². The summed E-state index contributed by atoms with van der Waals surface area (Å²) in [6.45, 7) is 0. The van der Waals surface area contributed by atoms with Gasteiger partial charge in [0.1, 0.15) is 5.75 Å². The quantitative estimate of drug-likeness (QED) is 0.800. The molecule has 1 N–H and O–H groups in total. The van der Waals surface area contributed by atoms with Gasteiger partial charge in [0.05, 0.1) is 5.56 Å². The summed E-state index contributed by atoms with van der Waals surface area (Å²) in [6.07, 6.45) is -2.59. The number of phenolic OH excluding ortho intramolecular Hbond substituents is 1. The molecule has 0 aliphatic heterocycles. The van der Waals surface area contributed by atoms with Gasteiger partial charge in [0, 0.05) is 17.6 Å². The summed E-state index contributed by atoms with van der Waals surface area (Å²) >= 11 is 0. The lowest BCUT2D eigenvalue weighted by Gasteiger charge is -2.07. The number of carbonyl (C=O) groups is 1. The van der Waals surface area contributed by atoms with Crippen molar-refractivity contribution in [1.82, 2.24) is 0 Å². The van der Waals surface area contributed by atoms with E-state index in [4.69, 9.17) is 0 Å². The Kier molecular flexibility index (Phi) is 3.28. The number of fused-ring (bicyclic) bond motifs is 1. The molecule has 0 aromatic heterocycles. The van der Waals surface area contributed by atoms with Crippen molar-refractivity contribution in [2.24, 2.45) is 0 Å². The summed E-state index contributed by atoms with van der Waals surface area (Å²) in [4.78, 5) is 12.2. The predicted octanol–water partition coefficient (Wildman–Crippen LogP) is 4.23. The Labute approximate surface area is 124 Å². The van der Waals surface area contributed by atoms with E-state index in [1.165, 1.54) is 30.3 Å². The molecule has 0 bridgehead atoms. The van der Waals surface area contributed by atoms with Crippen molar-refractivity contribution in [1.29, 1.82) is 0 Å². The molecule has 3 rings (SSSR count). The molecule has 22 heavy (non-hydrogen) atoms. The number of benzene rings is 2. The molecule has 0 spiro atoms. The Bertz CT molecular complexity index is 789. The normalized spacial score (nSPS) is 16.1. The lowest BCUT2D eigenvalue weighted by atomic mass is 10.1. The van der Waals surface area contributed by atoms with Crippen LogP contribution in [0, 0.1) is 0 Å². The molecule has 0 fully saturated rings. The van der Waals surface area contributed by atoms with Crippen molar-refractivity contribution in [3.8, 4) is 5.75 Å². The average molecular weight is 304 g/mol. The average Bonchev–Trinajstić information content (AvgIpc) is 2.75. The molecule has 2 nitrogen and oxygen atoms in total. The molecule has 2 aromatic carbocycles. The molecule has 1 aliphatic rings. The molecule has 2 aromatic rings. The van der Waals surface area contributed by atoms with Crippen molar-refractivity contribution in [3.63, 3.8) is 0 Å². The summed E-state index contributed by atoms with van der Waals surface area (Å²) < 4.78 is 38.1. The largest absolute Gasteiger partial charge is 0.508 e. The standard InChI is InChI=1S/C17H11F3O2/c18-17(19,20)13-3-1-2-10(7-13)6-12-8-11-4-5-14(21)9-15(11)16(12)22/h1-7,9,21H,8H2/b12-6+. The van der Waals surface area contributed by atoms with E-state index in [1.807, 2.05) is 0 Å². The second-order valence-electron chi connectivity index (χ2n) is 5.14. The highest BCUT2D eigenvalue weighted by Gasteiger charge is 2.30. The van der Waals surface area contributed by atoms with E-state index in [0.29, 0.717) is 23.1 Å². The fourth-order valence-corrected chi connectivity index (χ4v) is 2.51. The van der Waals surface area contributed by atoms with Crippen LogP contribution in [-0.2, 0) is 12.6 Å². The molecular formula is C17H11F3O2. The Morgan fingerprint density at radius 2 is 1.86 bits per heavy atom. The highest BCUT2D eigenvalue weighted by Crippen LogP contribution is 2.32. The van der Waals surface area contributed by atoms with E-state index in [-0.39, 0.29) is 11.5 Å². The molecule has 0 amide bonds. The number of allylic oxidation sites excluding steroid dienone is 1. The molecule has 5 heteroatoms. The summed E-state index contributed by atoms with van der Waals surface area (Å²) in [5, 5.41) is 9.42. The van der Waals surface area contributed by atoms with Crippen LogP contribution in [0.5, 0.6) is 5.75 Å². The maximum absolute atomic E-state index is 12.7. The fourth-order valence-electron chi connectivity index (χ4n) is 2.51. The van der Waals surface area contributed by atoms with Gasteiger partial charge in [0.25, 0.3) is 0 Å². The number of halogens is 3. The van der Waals surface area contributed by atoms with Gasteiger partial charge >= 0.3 is 6.18 Å². The number of hydrogen-bond donors (Lipinski definition) is 1. The second-order valence-corrected chi connectivity index (χ2v) is 5.14. The number of ketones is 1. The van der Waals surface area contributed by atoms with Crippen molar-refractivity contribution >= 4 is 11.9 Å². The zero-order chi connectivity index (χ0) is 15.9. The maximum Gasteiger partial charge on any atom is 0.416 e. The second kappa shape index (κ2) is 5.02. The summed E-state index contributed by atoms with van der Waals surface area (Å²) in [5.74, 6) is -0.268. The van der Waals surface area contributed by atoms with E-state index in [0.717, 1.165) is 17.7 Å². The van der Waals surface area contributed by atoms with Crippen LogP contribution >= 0.6 is 0 Å². The molecule has 0 atom stereocenters. The third-order valence-corrected chi connectivity index (χ3v) is 3.57. The lowest BCUT2D eigenvalue weighted by molar-refractivity contribution is -0.137. The first-order valence-corrected chi connectivity index (χ1v) is 6.59. The number of Topliss-reactive ketones (excluding diaryl/α,β-unsaturated/α-hetero) is 1. The molecule has 0 saturated carbocycles. The minimum Gasteiger partial charge on any atom is -0.508 e. The number of hydrogen-bond acceptors (Lipinski definition) is 2. The highest BCUT2D eigenvalue weighted by molar-refractivity contribution is 6.15. The van der Waals surface area contributed by atoms with Crippen LogP contribution in [0.15, 0.2) is 48.0 Å². The Balaban J connectivity index is 1.97. The van der Waals surface area contributed by atoms with Crippen molar-refractivity contribution in [3.05, 3.63) is 70.3 Å². The van der Waals surface area contributed by atoms with E-state index >= 15 is 0 Å². The van der Waals surface area contributed by atoms with E-state index < -0.39 is 11.7 Å². The summed E-state index contributed by atoms with van der Waals surface area (Å²) in [7, 11) is 0. The molecule has 0 heterocycles. The van der Waals surface area contributed by atoms with Crippen LogP contribution in [0.1, 0.15) is 27.0 Å². The van der Waals surface area contributed by atoms with Gasteiger partial charge in [-0.3, -0.25) is 4.79 Å². The fraction of sp³-hybridized carbons (Fsp3) is 0.118. The van der Waals surface area contributed by atoms with E-state index in [9.17, 15) is 23.1 Å². The van der Waals surface area contributed by atoms with Crippen molar-refractivity contribution < 1.29 is 23.1 Å². The maximum atomic E-state index is 12.7. The number of aromatic hydroxyl groups is 1. The van der Waals surface area contributed by atoms with Crippen LogP contribution in [0.3, 0.4) is 0 Å². The number of phenols is 1. The number of carbonyl (C=O) groups excluding carboxylic acids is 1. The van der Waals surface area contributed by atoms with Gasteiger partial charge in [0.2, 0.25) is 0 Å². The first-order valence-electron chi connectivity index (χ1n) is 6.59. The summed E-state index contributed by atoms with van der Waals surface area (Å²) in [5.41, 5.74) is 1.16. The Morgan fingerprint density at radius 1 is 1.09 bits per heavy atom. The van der Waals surface area contributed by atoms with Crippen LogP contribution in [0.25, 0.3) is 6.08 Å². The first-order chi connectivity index (χ1) is 10.3. The van der Waals surface area contributed by atoms with Gasteiger partial charge in [-0.2, -0.15) is 13.2 Å².